The first kappa shape index (κ1) is 19.6. The minimum Gasteiger partial charge on any atom is -0.348 e. The number of nitrogens with one attached hydrogen (secondary N) is 1. The summed E-state index contributed by atoms with van der Waals surface area (Å²) in [6.07, 6.45) is 0.241. The normalized spacial score (nSPS) is 18.0. The van der Waals surface area contributed by atoms with Gasteiger partial charge in [-0.25, -0.2) is 0 Å². The van der Waals surface area contributed by atoms with Crippen LogP contribution in [0.3, 0.4) is 0 Å². The second kappa shape index (κ2) is 8.67. The van der Waals surface area contributed by atoms with Crippen molar-refractivity contribution in [2.75, 3.05) is 32.1 Å². The molecule has 142 valence electrons. The van der Waals surface area contributed by atoms with Gasteiger partial charge in [-0.2, -0.15) is 0 Å². The zero-order chi connectivity index (χ0) is 19.4. The van der Waals surface area contributed by atoms with E-state index >= 15 is 0 Å². The molecular formula is C21H24BrN3O2. The number of rotatable bonds is 6. The molecule has 1 aliphatic heterocycles. The summed E-state index contributed by atoms with van der Waals surface area (Å²) in [7, 11) is 3.97. The summed E-state index contributed by atoms with van der Waals surface area (Å²) >= 11 is 3.40. The van der Waals surface area contributed by atoms with Gasteiger partial charge in [0.2, 0.25) is 11.8 Å². The van der Waals surface area contributed by atoms with Crippen molar-refractivity contribution in [2.24, 2.45) is 5.92 Å². The average Bonchev–Trinajstić information content (AvgIpc) is 3.04. The Balaban J connectivity index is 1.69. The van der Waals surface area contributed by atoms with Gasteiger partial charge in [0.25, 0.3) is 0 Å². The van der Waals surface area contributed by atoms with E-state index in [2.05, 4.69) is 21.2 Å². The number of carbonyl (C=O) groups excluding carboxylic acids is 2. The SMILES string of the molecule is CN(C)CC(NC(=O)C1CC(=O)N(c2ccc(Br)cc2)C1)c1ccccc1. The van der Waals surface area contributed by atoms with Crippen molar-refractivity contribution in [3.05, 3.63) is 64.6 Å². The Bertz CT molecular complexity index is 793. The minimum atomic E-state index is -0.338. The lowest BCUT2D eigenvalue weighted by Crippen LogP contribution is -2.39. The molecule has 2 aromatic carbocycles. The fourth-order valence-electron chi connectivity index (χ4n) is 3.33. The van der Waals surface area contributed by atoms with Crippen LogP contribution in [0.1, 0.15) is 18.0 Å². The third-order valence-corrected chi connectivity index (χ3v) is 5.23. The molecule has 1 aliphatic rings. The molecule has 2 aromatic rings. The molecule has 0 aliphatic carbocycles. The van der Waals surface area contributed by atoms with Crippen LogP contribution in [0.4, 0.5) is 5.69 Å². The zero-order valence-corrected chi connectivity index (χ0v) is 17.1. The van der Waals surface area contributed by atoms with Gasteiger partial charge in [-0.15, -0.1) is 0 Å². The van der Waals surface area contributed by atoms with Crippen LogP contribution in [0.25, 0.3) is 0 Å². The second-order valence-corrected chi connectivity index (χ2v) is 8.03. The molecule has 0 spiro atoms. The van der Waals surface area contributed by atoms with Crippen molar-refractivity contribution >= 4 is 33.4 Å². The van der Waals surface area contributed by atoms with Gasteiger partial charge in [0.05, 0.1) is 12.0 Å². The molecule has 0 radical (unpaired) electrons. The van der Waals surface area contributed by atoms with Gasteiger partial charge >= 0.3 is 0 Å². The number of hydrogen-bond acceptors (Lipinski definition) is 3. The van der Waals surface area contributed by atoms with Gasteiger partial charge < -0.3 is 15.1 Å². The third-order valence-electron chi connectivity index (χ3n) is 4.70. The predicted molar refractivity (Wildman–Crippen MR) is 110 cm³/mol. The number of nitrogens with zero attached hydrogens (tertiary/aromatic N) is 2. The maximum Gasteiger partial charge on any atom is 0.227 e. The fourth-order valence-corrected chi connectivity index (χ4v) is 3.59. The van der Waals surface area contributed by atoms with Crippen LogP contribution in [0.15, 0.2) is 59.1 Å². The number of halogens is 1. The van der Waals surface area contributed by atoms with Crippen LogP contribution in [-0.2, 0) is 9.59 Å². The van der Waals surface area contributed by atoms with Crippen molar-refractivity contribution in [2.45, 2.75) is 12.5 Å². The van der Waals surface area contributed by atoms with E-state index in [0.29, 0.717) is 13.1 Å². The smallest absolute Gasteiger partial charge is 0.227 e. The van der Waals surface area contributed by atoms with Crippen molar-refractivity contribution in [1.29, 1.82) is 0 Å². The van der Waals surface area contributed by atoms with E-state index in [0.717, 1.165) is 15.7 Å². The highest BCUT2D eigenvalue weighted by molar-refractivity contribution is 9.10. The standard InChI is InChI=1S/C21H24BrN3O2/c1-24(2)14-19(15-6-4-3-5-7-15)23-21(27)16-12-20(26)25(13-16)18-10-8-17(22)9-11-18/h3-11,16,19H,12-14H2,1-2H3,(H,23,27). The molecule has 5 nitrogen and oxygen atoms in total. The van der Waals surface area contributed by atoms with Gasteiger partial charge in [0.1, 0.15) is 0 Å². The molecule has 1 heterocycles. The highest BCUT2D eigenvalue weighted by Crippen LogP contribution is 2.27. The Morgan fingerprint density at radius 2 is 1.85 bits per heavy atom. The molecule has 0 saturated carbocycles. The molecule has 1 fully saturated rings. The fraction of sp³-hybridized carbons (Fsp3) is 0.333. The van der Waals surface area contributed by atoms with Gasteiger partial charge in [0.15, 0.2) is 0 Å². The summed E-state index contributed by atoms with van der Waals surface area (Å²) in [5.74, 6) is -0.422. The lowest BCUT2D eigenvalue weighted by molar-refractivity contribution is -0.127. The van der Waals surface area contributed by atoms with E-state index in [1.807, 2.05) is 73.6 Å². The molecule has 3 rings (SSSR count). The first-order valence-electron chi connectivity index (χ1n) is 9.00. The maximum atomic E-state index is 12.9. The number of hydrogen-bond donors (Lipinski definition) is 1. The Morgan fingerprint density at radius 3 is 2.48 bits per heavy atom. The summed E-state index contributed by atoms with van der Waals surface area (Å²) in [6, 6.07) is 17.4. The lowest BCUT2D eigenvalue weighted by atomic mass is 10.0. The van der Waals surface area contributed by atoms with Crippen LogP contribution in [0.5, 0.6) is 0 Å². The van der Waals surface area contributed by atoms with Gasteiger partial charge in [-0.3, -0.25) is 9.59 Å². The van der Waals surface area contributed by atoms with Gasteiger partial charge in [-0.1, -0.05) is 46.3 Å². The number of amides is 2. The molecule has 27 heavy (non-hydrogen) atoms. The predicted octanol–water partition coefficient (Wildman–Crippen LogP) is 3.22. The van der Waals surface area contributed by atoms with E-state index < -0.39 is 0 Å². The van der Waals surface area contributed by atoms with E-state index in [1.165, 1.54) is 0 Å². The average molecular weight is 430 g/mol. The minimum absolute atomic E-state index is 0.0126. The van der Waals surface area contributed by atoms with Crippen molar-refractivity contribution in [3.63, 3.8) is 0 Å². The van der Waals surface area contributed by atoms with Crippen molar-refractivity contribution in [3.8, 4) is 0 Å². The number of likely N-dealkylation sites (N-methyl/N-ethyl adjacent to an activating group) is 1. The summed E-state index contributed by atoms with van der Waals surface area (Å²) < 4.78 is 0.960. The first-order chi connectivity index (χ1) is 12.9. The van der Waals surface area contributed by atoms with Crippen LogP contribution in [-0.4, -0.2) is 43.9 Å². The number of benzene rings is 2. The highest BCUT2D eigenvalue weighted by Gasteiger charge is 2.36. The molecule has 2 amide bonds. The Labute approximate surface area is 168 Å². The van der Waals surface area contributed by atoms with Gasteiger partial charge in [0, 0.05) is 29.7 Å². The van der Waals surface area contributed by atoms with E-state index in [9.17, 15) is 9.59 Å². The molecule has 1 saturated heterocycles. The Kier molecular flexibility index (Phi) is 6.29. The monoisotopic (exact) mass is 429 g/mol. The summed E-state index contributed by atoms with van der Waals surface area (Å²) in [6.45, 7) is 1.11. The second-order valence-electron chi connectivity index (χ2n) is 7.12. The largest absolute Gasteiger partial charge is 0.348 e. The first-order valence-corrected chi connectivity index (χ1v) is 9.79. The van der Waals surface area contributed by atoms with E-state index in [4.69, 9.17) is 0 Å². The maximum absolute atomic E-state index is 12.9. The van der Waals surface area contributed by atoms with Crippen LogP contribution in [0, 0.1) is 5.92 Å². The molecule has 0 bridgehead atoms. The van der Waals surface area contributed by atoms with E-state index in [-0.39, 0.29) is 30.2 Å². The third kappa shape index (κ3) is 4.96. The Morgan fingerprint density at radius 1 is 1.19 bits per heavy atom. The molecular weight excluding hydrogens is 406 g/mol. The summed E-state index contributed by atoms with van der Waals surface area (Å²) in [5.41, 5.74) is 1.89. The molecule has 1 N–H and O–H groups in total. The molecule has 2 unspecified atom stereocenters. The van der Waals surface area contributed by atoms with Crippen LogP contribution < -0.4 is 10.2 Å². The summed E-state index contributed by atoms with van der Waals surface area (Å²) in [4.78, 5) is 29.0. The molecule has 0 aromatic heterocycles. The lowest BCUT2D eigenvalue weighted by Gasteiger charge is -2.24. The molecule has 6 heteroatoms. The summed E-state index contributed by atoms with van der Waals surface area (Å²) in [5, 5.41) is 3.14. The van der Waals surface area contributed by atoms with Crippen molar-refractivity contribution < 1.29 is 9.59 Å². The van der Waals surface area contributed by atoms with Gasteiger partial charge in [-0.05, 0) is 43.9 Å². The quantitative estimate of drug-likeness (QED) is 0.766. The van der Waals surface area contributed by atoms with Crippen molar-refractivity contribution in [1.82, 2.24) is 10.2 Å². The number of carbonyl (C=O) groups is 2. The molecule has 2 atom stereocenters. The number of anilines is 1. The van der Waals surface area contributed by atoms with Crippen LogP contribution in [0.2, 0.25) is 0 Å². The Hall–Kier alpha value is -2.18. The highest BCUT2D eigenvalue weighted by atomic mass is 79.9. The van der Waals surface area contributed by atoms with Crippen LogP contribution >= 0.6 is 15.9 Å². The topological polar surface area (TPSA) is 52.7 Å². The zero-order valence-electron chi connectivity index (χ0n) is 15.6. The van der Waals surface area contributed by atoms with E-state index in [1.54, 1.807) is 4.90 Å².